The fourth-order valence-corrected chi connectivity index (χ4v) is 2.05. The van der Waals surface area contributed by atoms with Gasteiger partial charge in [0, 0.05) is 13.3 Å². The van der Waals surface area contributed by atoms with Gasteiger partial charge in [0.15, 0.2) is 0 Å². The summed E-state index contributed by atoms with van der Waals surface area (Å²) in [5.41, 5.74) is -1.17. The second-order valence-electron chi connectivity index (χ2n) is 4.40. The fourth-order valence-electron chi connectivity index (χ4n) is 2.05. The van der Waals surface area contributed by atoms with E-state index in [0.29, 0.717) is 13.0 Å². The van der Waals surface area contributed by atoms with Crippen molar-refractivity contribution in [3.8, 4) is 0 Å². The van der Waals surface area contributed by atoms with Crippen LogP contribution in [0.4, 0.5) is 0 Å². The monoisotopic (exact) mass is 242 g/mol. The lowest BCUT2D eigenvalue weighted by atomic mass is 9.84. The molecule has 0 bridgehead atoms. The molecule has 0 aromatic rings. The van der Waals surface area contributed by atoms with Crippen molar-refractivity contribution in [2.45, 2.75) is 38.8 Å². The number of hydrogen-bond acceptors (Lipinski definition) is 6. The highest BCUT2D eigenvalue weighted by Crippen LogP contribution is 2.34. The molecule has 1 rings (SSSR count). The lowest BCUT2D eigenvalue weighted by molar-refractivity contribution is -0.164. The van der Waals surface area contributed by atoms with Gasteiger partial charge in [-0.25, -0.2) is 4.79 Å². The van der Waals surface area contributed by atoms with E-state index in [1.54, 1.807) is 0 Å². The third kappa shape index (κ3) is 2.62. The SMILES string of the molecule is COC(=O)[C@]1([C@H](OC(C)=O)C(C)C)CCN=N1. The minimum atomic E-state index is -1.17. The average Bonchev–Trinajstić information content (AvgIpc) is 2.74. The molecule has 1 aliphatic heterocycles. The molecule has 2 atom stereocenters. The molecule has 0 aliphatic carbocycles. The van der Waals surface area contributed by atoms with Gasteiger partial charge in [0.25, 0.3) is 0 Å². The number of carbonyl (C=O) groups excluding carboxylic acids is 2. The molecular formula is C11H18N2O4. The maximum Gasteiger partial charge on any atom is 0.339 e. The quantitative estimate of drug-likeness (QED) is 0.697. The summed E-state index contributed by atoms with van der Waals surface area (Å²) in [7, 11) is 1.29. The summed E-state index contributed by atoms with van der Waals surface area (Å²) in [4.78, 5) is 23.0. The van der Waals surface area contributed by atoms with Crippen LogP contribution in [0.15, 0.2) is 10.2 Å². The topological polar surface area (TPSA) is 77.3 Å². The van der Waals surface area contributed by atoms with Gasteiger partial charge in [0.05, 0.1) is 13.7 Å². The predicted octanol–water partition coefficient (Wildman–Crippen LogP) is 1.34. The summed E-state index contributed by atoms with van der Waals surface area (Å²) in [6, 6.07) is 0. The summed E-state index contributed by atoms with van der Waals surface area (Å²) in [6.07, 6.45) is -0.228. The third-order valence-corrected chi connectivity index (χ3v) is 2.75. The van der Waals surface area contributed by atoms with Crippen molar-refractivity contribution in [1.29, 1.82) is 0 Å². The van der Waals surface area contributed by atoms with E-state index >= 15 is 0 Å². The van der Waals surface area contributed by atoms with Crippen molar-refractivity contribution in [3.05, 3.63) is 0 Å². The average molecular weight is 242 g/mol. The lowest BCUT2D eigenvalue weighted by Gasteiger charge is -2.32. The van der Waals surface area contributed by atoms with Crippen molar-refractivity contribution in [2.75, 3.05) is 13.7 Å². The summed E-state index contributed by atoms with van der Waals surface area (Å²) in [5, 5.41) is 7.84. The number of methoxy groups -OCH3 is 1. The maximum absolute atomic E-state index is 11.9. The zero-order chi connectivity index (χ0) is 13.1. The van der Waals surface area contributed by atoms with E-state index in [1.807, 2.05) is 13.8 Å². The predicted molar refractivity (Wildman–Crippen MR) is 59.5 cm³/mol. The molecular weight excluding hydrogens is 224 g/mol. The molecule has 1 heterocycles. The molecule has 1 aliphatic rings. The van der Waals surface area contributed by atoms with E-state index in [1.165, 1.54) is 14.0 Å². The minimum absolute atomic E-state index is 0.0463. The van der Waals surface area contributed by atoms with Gasteiger partial charge in [-0.2, -0.15) is 10.2 Å². The molecule has 0 unspecified atom stereocenters. The molecule has 0 amide bonds. The number of azo groups is 1. The number of ether oxygens (including phenoxy) is 2. The van der Waals surface area contributed by atoms with E-state index in [-0.39, 0.29) is 5.92 Å². The molecule has 0 spiro atoms. The van der Waals surface area contributed by atoms with Gasteiger partial charge in [-0.05, 0) is 5.92 Å². The van der Waals surface area contributed by atoms with Gasteiger partial charge in [-0.1, -0.05) is 13.8 Å². The van der Waals surface area contributed by atoms with Crippen molar-refractivity contribution < 1.29 is 19.1 Å². The van der Waals surface area contributed by atoms with Gasteiger partial charge in [-0.3, -0.25) is 4.79 Å². The van der Waals surface area contributed by atoms with Gasteiger partial charge >= 0.3 is 11.9 Å². The summed E-state index contributed by atoms with van der Waals surface area (Å²) < 4.78 is 9.99. The van der Waals surface area contributed by atoms with Crippen LogP contribution in [0.5, 0.6) is 0 Å². The first kappa shape index (κ1) is 13.6. The summed E-state index contributed by atoms with van der Waals surface area (Å²) in [6.45, 7) is 5.49. The molecule has 0 saturated heterocycles. The van der Waals surface area contributed by atoms with Gasteiger partial charge < -0.3 is 9.47 Å². The molecule has 6 nitrogen and oxygen atoms in total. The number of esters is 2. The second-order valence-corrected chi connectivity index (χ2v) is 4.40. The van der Waals surface area contributed by atoms with E-state index in [4.69, 9.17) is 9.47 Å². The molecule has 0 aromatic carbocycles. The van der Waals surface area contributed by atoms with Gasteiger partial charge in [0.1, 0.15) is 6.10 Å². The summed E-state index contributed by atoms with van der Waals surface area (Å²) >= 11 is 0. The molecule has 0 saturated carbocycles. The normalized spacial score (nSPS) is 24.8. The molecule has 0 radical (unpaired) electrons. The zero-order valence-electron chi connectivity index (χ0n) is 10.6. The van der Waals surface area contributed by atoms with Gasteiger partial charge in [0.2, 0.25) is 5.54 Å². The van der Waals surface area contributed by atoms with Crippen LogP contribution in [0.2, 0.25) is 0 Å². The first-order valence-corrected chi connectivity index (χ1v) is 5.58. The Labute approximate surface area is 100 Å². The smallest absolute Gasteiger partial charge is 0.339 e. The number of nitrogens with zero attached hydrogens (tertiary/aromatic N) is 2. The Morgan fingerprint density at radius 2 is 2.00 bits per heavy atom. The van der Waals surface area contributed by atoms with Crippen molar-refractivity contribution >= 4 is 11.9 Å². The third-order valence-electron chi connectivity index (χ3n) is 2.75. The first-order chi connectivity index (χ1) is 7.94. The number of rotatable bonds is 4. The molecule has 0 fully saturated rings. The van der Waals surface area contributed by atoms with E-state index in [2.05, 4.69) is 10.2 Å². The fraction of sp³-hybridized carbons (Fsp3) is 0.818. The maximum atomic E-state index is 11.9. The van der Waals surface area contributed by atoms with Crippen LogP contribution in [-0.2, 0) is 19.1 Å². The Morgan fingerprint density at radius 1 is 1.35 bits per heavy atom. The number of hydrogen-bond donors (Lipinski definition) is 0. The van der Waals surface area contributed by atoms with Crippen molar-refractivity contribution in [3.63, 3.8) is 0 Å². The zero-order valence-corrected chi connectivity index (χ0v) is 10.6. The van der Waals surface area contributed by atoms with E-state index in [9.17, 15) is 9.59 Å². The molecule has 17 heavy (non-hydrogen) atoms. The standard InChI is InChI=1S/C11H18N2O4/c1-7(2)9(17-8(3)14)11(10(15)16-4)5-6-12-13-11/h7,9H,5-6H2,1-4H3/t9-,11-/m1/s1. The highest BCUT2D eigenvalue weighted by molar-refractivity contribution is 5.83. The Bertz CT molecular complexity index is 340. The largest absolute Gasteiger partial charge is 0.467 e. The Hall–Kier alpha value is -1.46. The Morgan fingerprint density at radius 3 is 2.35 bits per heavy atom. The molecule has 0 N–H and O–H groups in total. The van der Waals surface area contributed by atoms with E-state index < -0.39 is 23.6 Å². The van der Waals surface area contributed by atoms with Crippen molar-refractivity contribution in [2.24, 2.45) is 16.1 Å². The molecule has 6 heteroatoms. The number of carbonyl (C=O) groups is 2. The molecule has 96 valence electrons. The van der Waals surface area contributed by atoms with Crippen LogP contribution < -0.4 is 0 Å². The van der Waals surface area contributed by atoms with Crippen LogP contribution in [-0.4, -0.2) is 37.2 Å². The molecule has 0 aromatic heterocycles. The van der Waals surface area contributed by atoms with Crippen LogP contribution >= 0.6 is 0 Å². The van der Waals surface area contributed by atoms with Crippen LogP contribution in [0, 0.1) is 5.92 Å². The first-order valence-electron chi connectivity index (χ1n) is 5.58. The highest BCUT2D eigenvalue weighted by Gasteiger charge is 2.52. The van der Waals surface area contributed by atoms with Gasteiger partial charge in [-0.15, -0.1) is 0 Å². The van der Waals surface area contributed by atoms with Crippen molar-refractivity contribution in [1.82, 2.24) is 0 Å². The Kier molecular flexibility index (Phi) is 4.20. The van der Waals surface area contributed by atoms with Crippen LogP contribution in [0.25, 0.3) is 0 Å². The van der Waals surface area contributed by atoms with Crippen LogP contribution in [0.3, 0.4) is 0 Å². The van der Waals surface area contributed by atoms with E-state index in [0.717, 1.165) is 0 Å². The second kappa shape index (κ2) is 5.25. The summed E-state index contributed by atoms with van der Waals surface area (Å²) in [5.74, 6) is -0.983. The minimum Gasteiger partial charge on any atom is -0.467 e. The Balaban J connectivity index is 3.05. The van der Waals surface area contributed by atoms with Crippen LogP contribution in [0.1, 0.15) is 27.2 Å². The lowest BCUT2D eigenvalue weighted by Crippen LogP contribution is -2.51. The highest BCUT2D eigenvalue weighted by atomic mass is 16.6.